The molecule has 0 atom stereocenters. The van der Waals surface area contributed by atoms with Gasteiger partial charge in [0.25, 0.3) is 0 Å². The van der Waals surface area contributed by atoms with Crippen molar-refractivity contribution in [2.24, 2.45) is 0 Å². The summed E-state index contributed by atoms with van der Waals surface area (Å²) in [5, 5.41) is 9.20. The fraction of sp³-hybridized carbons (Fsp3) is 0.417. The van der Waals surface area contributed by atoms with Crippen LogP contribution in [0.5, 0.6) is 0 Å². The summed E-state index contributed by atoms with van der Waals surface area (Å²) in [7, 11) is 0. The zero-order chi connectivity index (χ0) is 13.3. The molecule has 0 fully saturated rings. The Labute approximate surface area is 109 Å². The van der Waals surface area contributed by atoms with Crippen LogP contribution in [0.15, 0.2) is 6.20 Å². The molecular weight excluding hydrogens is 256 g/mol. The van der Waals surface area contributed by atoms with Gasteiger partial charge in [-0.05, 0) is 24.0 Å². The molecule has 18 heavy (non-hydrogen) atoms. The molecule has 0 unspecified atom stereocenters. The van der Waals surface area contributed by atoms with Gasteiger partial charge in [-0.15, -0.1) is 0 Å². The second-order valence-corrected chi connectivity index (χ2v) is 4.60. The lowest BCUT2D eigenvalue weighted by Gasteiger charge is -2.17. The van der Waals surface area contributed by atoms with Crippen LogP contribution in [0.2, 0.25) is 5.15 Å². The molecule has 0 spiro atoms. The summed E-state index contributed by atoms with van der Waals surface area (Å²) in [6.45, 7) is 2.62. The monoisotopic (exact) mass is 268 g/mol. The molecule has 0 saturated heterocycles. The van der Waals surface area contributed by atoms with Crippen molar-refractivity contribution in [2.45, 2.75) is 19.8 Å². The van der Waals surface area contributed by atoms with Gasteiger partial charge < -0.3 is 10.0 Å². The minimum absolute atomic E-state index is 0.00117. The van der Waals surface area contributed by atoms with Crippen molar-refractivity contribution in [1.82, 2.24) is 9.88 Å². The molecule has 1 aromatic heterocycles. The van der Waals surface area contributed by atoms with Crippen LogP contribution >= 0.6 is 11.6 Å². The summed E-state index contributed by atoms with van der Waals surface area (Å²) in [4.78, 5) is 28.2. The summed E-state index contributed by atoms with van der Waals surface area (Å²) in [5.74, 6) is -1.07. The van der Waals surface area contributed by atoms with E-state index in [1.54, 1.807) is 11.1 Å². The largest absolute Gasteiger partial charge is 0.478 e. The summed E-state index contributed by atoms with van der Waals surface area (Å²) in [6, 6.07) is 0. The van der Waals surface area contributed by atoms with Crippen molar-refractivity contribution >= 4 is 23.5 Å². The number of aromatic nitrogens is 1. The maximum Gasteiger partial charge on any atom is 0.339 e. The first kappa shape index (κ1) is 12.8. The van der Waals surface area contributed by atoms with Crippen LogP contribution in [0.4, 0.5) is 0 Å². The van der Waals surface area contributed by atoms with Crippen LogP contribution in [0, 0.1) is 0 Å². The molecule has 6 heteroatoms. The van der Waals surface area contributed by atoms with E-state index in [9.17, 15) is 14.7 Å². The Kier molecular flexibility index (Phi) is 3.52. The van der Waals surface area contributed by atoms with Crippen molar-refractivity contribution in [2.75, 3.05) is 13.1 Å². The Bertz CT molecular complexity index is 516. The van der Waals surface area contributed by atoms with Crippen LogP contribution in [0.3, 0.4) is 0 Å². The number of carboxylic acid groups (broad SMARTS) is 1. The number of aromatic carboxylic acids is 1. The molecule has 1 aliphatic rings. The van der Waals surface area contributed by atoms with Crippen molar-refractivity contribution in [1.29, 1.82) is 0 Å². The summed E-state index contributed by atoms with van der Waals surface area (Å²) < 4.78 is 0. The number of nitrogens with zero attached hydrogens (tertiary/aromatic N) is 2. The molecule has 1 aliphatic heterocycles. The number of pyridine rings is 1. The van der Waals surface area contributed by atoms with E-state index in [4.69, 9.17) is 11.6 Å². The van der Waals surface area contributed by atoms with Gasteiger partial charge in [0.05, 0.1) is 0 Å². The SMILES string of the molecule is CC(=O)N1CCc2cnc(Cl)c(C(=O)O)c2CC1. The molecule has 5 nitrogen and oxygen atoms in total. The molecule has 1 aromatic rings. The predicted molar refractivity (Wildman–Crippen MR) is 65.9 cm³/mol. The van der Waals surface area contributed by atoms with Crippen LogP contribution in [0.1, 0.15) is 28.4 Å². The molecule has 0 aliphatic carbocycles. The number of carbonyl (C=O) groups is 2. The molecular formula is C12H13ClN2O3. The van der Waals surface area contributed by atoms with E-state index in [1.807, 2.05) is 0 Å². The van der Waals surface area contributed by atoms with Gasteiger partial charge in [-0.2, -0.15) is 0 Å². The van der Waals surface area contributed by atoms with Gasteiger partial charge in [0.2, 0.25) is 5.91 Å². The van der Waals surface area contributed by atoms with E-state index < -0.39 is 5.97 Å². The maximum absolute atomic E-state index is 11.4. The van der Waals surface area contributed by atoms with E-state index in [1.165, 1.54) is 6.92 Å². The number of carboxylic acids is 1. The lowest BCUT2D eigenvalue weighted by atomic mass is 10.0. The molecule has 2 rings (SSSR count). The van der Waals surface area contributed by atoms with Gasteiger partial charge in [0.1, 0.15) is 10.7 Å². The van der Waals surface area contributed by atoms with Gasteiger partial charge in [-0.3, -0.25) is 4.79 Å². The van der Waals surface area contributed by atoms with Crippen molar-refractivity contribution in [3.8, 4) is 0 Å². The Hall–Kier alpha value is -1.62. The Balaban J connectivity index is 2.41. The third kappa shape index (κ3) is 2.31. The average molecular weight is 269 g/mol. The van der Waals surface area contributed by atoms with Crippen LogP contribution < -0.4 is 0 Å². The topological polar surface area (TPSA) is 70.5 Å². The number of amides is 1. The van der Waals surface area contributed by atoms with E-state index >= 15 is 0 Å². The summed E-state index contributed by atoms with van der Waals surface area (Å²) in [6.07, 6.45) is 2.71. The molecule has 1 amide bonds. The minimum Gasteiger partial charge on any atom is -0.478 e. The van der Waals surface area contributed by atoms with Crippen molar-refractivity contribution < 1.29 is 14.7 Å². The number of fused-ring (bicyclic) bond motifs is 1. The van der Waals surface area contributed by atoms with Gasteiger partial charge in [0.15, 0.2) is 0 Å². The lowest BCUT2D eigenvalue weighted by Crippen LogP contribution is -2.31. The zero-order valence-corrected chi connectivity index (χ0v) is 10.7. The molecule has 0 saturated carbocycles. The number of rotatable bonds is 1. The first-order chi connectivity index (χ1) is 8.50. The highest BCUT2D eigenvalue weighted by Gasteiger charge is 2.23. The van der Waals surface area contributed by atoms with E-state index in [0.29, 0.717) is 31.5 Å². The molecule has 0 bridgehead atoms. The number of halogens is 1. The van der Waals surface area contributed by atoms with Gasteiger partial charge >= 0.3 is 5.97 Å². The number of carbonyl (C=O) groups excluding carboxylic acids is 1. The van der Waals surface area contributed by atoms with Crippen molar-refractivity contribution in [3.05, 3.63) is 28.0 Å². The molecule has 2 heterocycles. The Morgan fingerprint density at radius 2 is 2.06 bits per heavy atom. The third-order valence-electron chi connectivity index (χ3n) is 3.17. The predicted octanol–water partition coefficient (Wildman–Crippen LogP) is 1.38. The second-order valence-electron chi connectivity index (χ2n) is 4.24. The summed E-state index contributed by atoms with van der Waals surface area (Å²) in [5.41, 5.74) is 1.63. The van der Waals surface area contributed by atoms with Gasteiger partial charge in [-0.1, -0.05) is 11.6 Å². The highest BCUT2D eigenvalue weighted by atomic mass is 35.5. The first-order valence-corrected chi connectivity index (χ1v) is 6.03. The number of hydrogen-bond donors (Lipinski definition) is 1. The quantitative estimate of drug-likeness (QED) is 0.781. The van der Waals surface area contributed by atoms with Crippen LogP contribution in [-0.2, 0) is 17.6 Å². The normalized spacial score (nSPS) is 14.9. The molecule has 96 valence electrons. The second kappa shape index (κ2) is 4.94. The average Bonchev–Trinajstić information content (AvgIpc) is 2.50. The standard InChI is InChI=1S/C12H13ClN2O3/c1-7(16)15-4-2-8-6-14-11(13)10(12(17)18)9(8)3-5-15/h6H,2-5H2,1H3,(H,17,18). The number of hydrogen-bond acceptors (Lipinski definition) is 3. The molecule has 0 radical (unpaired) electrons. The highest BCUT2D eigenvalue weighted by Crippen LogP contribution is 2.24. The van der Waals surface area contributed by atoms with Gasteiger partial charge in [-0.25, -0.2) is 9.78 Å². The highest BCUT2D eigenvalue weighted by molar-refractivity contribution is 6.32. The van der Waals surface area contributed by atoms with E-state index in [-0.39, 0.29) is 16.6 Å². The first-order valence-electron chi connectivity index (χ1n) is 5.65. The van der Waals surface area contributed by atoms with E-state index in [0.717, 1.165) is 5.56 Å². The third-order valence-corrected chi connectivity index (χ3v) is 3.46. The van der Waals surface area contributed by atoms with Crippen LogP contribution in [0.25, 0.3) is 0 Å². The molecule has 1 N–H and O–H groups in total. The fourth-order valence-electron chi connectivity index (χ4n) is 2.21. The van der Waals surface area contributed by atoms with Crippen LogP contribution in [-0.4, -0.2) is 40.0 Å². The maximum atomic E-state index is 11.4. The molecule has 0 aromatic carbocycles. The Morgan fingerprint density at radius 3 is 2.67 bits per heavy atom. The Morgan fingerprint density at radius 1 is 1.39 bits per heavy atom. The lowest BCUT2D eigenvalue weighted by molar-refractivity contribution is -0.128. The van der Waals surface area contributed by atoms with E-state index in [2.05, 4.69) is 4.98 Å². The fourth-order valence-corrected chi connectivity index (χ4v) is 2.45. The smallest absolute Gasteiger partial charge is 0.339 e. The summed E-state index contributed by atoms with van der Waals surface area (Å²) >= 11 is 5.84. The minimum atomic E-state index is -1.07. The van der Waals surface area contributed by atoms with Crippen molar-refractivity contribution in [3.63, 3.8) is 0 Å². The van der Waals surface area contributed by atoms with Gasteiger partial charge in [0, 0.05) is 26.2 Å². The zero-order valence-electron chi connectivity index (χ0n) is 9.94.